The summed E-state index contributed by atoms with van der Waals surface area (Å²) < 4.78 is 5.02. The Labute approximate surface area is 358 Å². The summed E-state index contributed by atoms with van der Waals surface area (Å²) >= 11 is 1.86. The van der Waals surface area contributed by atoms with Crippen LogP contribution < -0.4 is 4.90 Å². The fraction of sp³-hybridized carbons (Fsp3) is 0. The van der Waals surface area contributed by atoms with Crippen LogP contribution in [0, 0.1) is 0 Å². The minimum Gasteiger partial charge on any atom is -0.309 e. The van der Waals surface area contributed by atoms with E-state index in [1.807, 2.05) is 11.3 Å². The molecule has 0 amide bonds. The fourth-order valence-corrected chi connectivity index (χ4v) is 10.4. The van der Waals surface area contributed by atoms with E-state index in [4.69, 9.17) is 0 Å². The van der Waals surface area contributed by atoms with E-state index in [9.17, 15) is 0 Å². The van der Waals surface area contributed by atoms with Crippen LogP contribution in [0.1, 0.15) is 0 Å². The van der Waals surface area contributed by atoms with Crippen molar-refractivity contribution in [2.24, 2.45) is 0 Å². The van der Waals surface area contributed by atoms with Crippen LogP contribution in [0.5, 0.6) is 0 Å². The van der Waals surface area contributed by atoms with E-state index in [-0.39, 0.29) is 0 Å². The van der Waals surface area contributed by atoms with Gasteiger partial charge in [-0.05, 0) is 93.4 Å². The molecule has 0 aliphatic rings. The normalized spacial score (nSPS) is 11.6. The third-order valence-electron chi connectivity index (χ3n) is 12.2. The monoisotopic (exact) mass is 794 g/mol. The molecule has 2 aromatic heterocycles. The summed E-state index contributed by atoms with van der Waals surface area (Å²) in [4.78, 5) is 2.42. The van der Waals surface area contributed by atoms with Gasteiger partial charge in [0.1, 0.15) is 0 Å². The van der Waals surface area contributed by atoms with Gasteiger partial charge in [-0.25, -0.2) is 0 Å². The third-order valence-corrected chi connectivity index (χ3v) is 13.4. The van der Waals surface area contributed by atoms with Crippen molar-refractivity contribution in [1.29, 1.82) is 0 Å². The lowest BCUT2D eigenvalue weighted by atomic mass is 10.00. The fourth-order valence-electron chi connectivity index (χ4n) is 9.23. The molecule has 0 aliphatic carbocycles. The van der Waals surface area contributed by atoms with Gasteiger partial charge in [-0.1, -0.05) is 176 Å². The van der Waals surface area contributed by atoms with Gasteiger partial charge >= 0.3 is 0 Å². The van der Waals surface area contributed by atoms with Gasteiger partial charge in [0.25, 0.3) is 0 Å². The summed E-state index contributed by atoms with van der Waals surface area (Å²) in [5, 5.41) is 7.60. The largest absolute Gasteiger partial charge is 0.309 e. The maximum absolute atomic E-state index is 2.44. The summed E-state index contributed by atoms with van der Waals surface area (Å²) in [5.74, 6) is 0. The zero-order valence-corrected chi connectivity index (χ0v) is 34.1. The van der Waals surface area contributed by atoms with Gasteiger partial charge < -0.3 is 9.47 Å². The number of para-hydroxylation sites is 1. The number of thiophene rings is 1. The Morgan fingerprint density at radius 2 is 0.869 bits per heavy atom. The first-order valence-electron chi connectivity index (χ1n) is 20.8. The highest BCUT2D eigenvalue weighted by molar-refractivity contribution is 7.26. The van der Waals surface area contributed by atoms with Crippen molar-refractivity contribution in [3.05, 3.63) is 231 Å². The molecule has 0 saturated heterocycles. The van der Waals surface area contributed by atoms with Crippen LogP contribution in [0.4, 0.5) is 17.1 Å². The molecule has 0 N–H and O–H groups in total. The molecular formula is C58H38N2S. The Hall–Kier alpha value is -7.72. The lowest BCUT2D eigenvalue weighted by molar-refractivity contribution is 1.19. The van der Waals surface area contributed by atoms with Crippen molar-refractivity contribution in [3.63, 3.8) is 0 Å². The molecule has 61 heavy (non-hydrogen) atoms. The zero-order valence-electron chi connectivity index (χ0n) is 33.2. The predicted octanol–water partition coefficient (Wildman–Crippen LogP) is 16.8. The number of rotatable bonds is 7. The minimum absolute atomic E-state index is 1.11. The van der Waals surface area contributed by atoms with Crippen molar-refractivity contribution in [2.75, 3.05) is 4.90 Å². The Balaban J connectivity index is 0.965. The standard InChI is InChI=1S/C58H38N2S/c1-3-12-39(13-4-1)40-22-24-41(25-23-40)42-26-32-47(33-27-42)59(54-20-11-19-53-51-18-9-10-21-56(51)61-58(53)54)48-34-28-43(29-35-48)45-31-36-50-52-37-30-44-14-7-8-17-49(44)57(52)60(55(50)38-45)46-15-5-2-6-16-46/h1-38H. The van der Waals surface area contributed by atoms with Gasteiger partial charge in [-0.3, -0.25) is 0 Å². The second-order valence-corrected chi connectivity index (χ2v) is 16.8. The Morgan fingerprint density at radius 1 is 0.344 bits per heavy atom. The van der Waals surface area contributed by atoms with Crippen molar-refractivity contribution in [3.8, 4) is 39.1 Å². The first kappa shape index (κ1) is 35.2. The molecule has 0 atom stereocenters. The number of hydrogen-bond acceptors (Lipinski definition) is 2. The number of benzene rings is 10. The average molecular weight is 795 g/mol. The molecule has 2 nitrogen and oxygen atoms in total. The number of aromatic nitrogens is 1. The Bertz CT molecular complexity index is 3550. The van der Waals surface area contributed by atoms with Gasteiger partial charge in [-0.15, -0.1) is 11.3 Å². The average Bonchev–Trinajstić information content (AvgIpc) is 3.89. The SMILES string of the molecule is c1ccc(-c2ccc(-c3ccc(N(c4ccc(-c5ccc6c7ccc8ccccc8c7n(-c7ccccc7)c6c5)cc4)c4cccc5c4sc4ccccc45)cc3)cc2)cc1. The van der Waals surface area contributed by atoms with Crippen LogP contribution in [0.3, 0.4) is 0 Å². The quantitative estimate of drug-likeness (QED) is 0.156. The summed E-state index contributed by atoms with van der Waals surface area (Å²) in [6, 6.07) is 84.1. The van der Waals surface area contributed by atoms with Gasteiger partial charge in [0, 0.05) is 48.7 Å². The zero-order chi connectivity index (χ0) is 40.3. The van der Waals surface area contributed by atoms with Crippen LogP contribution >= 0.6 is 11.3 Å². The van der Waals surface area contributed by atoms with Crippen molar-refractivity contribution < 1.29 is 0 Å². The van der Waals surface area contributed by atoms with Crippen LogP contribution in [0.15, 0.2) is 231 Å². The lowest BCUT2D eigenvalue weighted by Crippen LogP contribution is -2.10. The second kappa shape index (κ2) is 14.5. The summed E-state index contributed by atoms with van der Waals surface area (Å²) in [6.07, 6.45) is 0. The Kier molecular flexibility index (Phi) is 8.39. The predicted molar refractivity (Wildman–Crippen MR) is 262 cm³/mol. The molecule has 286 valence electrons. The molecule has 3 heteroatoms. The molecule has 0 saturated carbocycles. The van der Waals surface area contributed by atoms with Gasteiger partial charge in [0.15, 0.2) is 0 Å². The molecule has 12 aromatic rings. The first-order chi connectivity index (χ1) is 30.2. The number of hydrogen-bond donors (Lipinski definition) is 0. The summed E-state index contributed by atoms with van der Waals surface area (Å²) in [5.41, 5.74) is 14.2. The molecule has 10 aromatic carbocycles. The number of nitrogens with zero attached hydrogens (tertiary/aromatic N) is 2. The van der Waals surface area contributed by atoms with Crippen LogP contribution in [0.2, 0.25) is 0 Å². The molecule has 0 bridgehead atoms. The topological polar surface area (TPSA) is 8.17 Å². The lowest BCUT2D eigenvalue weighted by Gasteiger charge is -2.26. The molecular weight excluding hydrogens is 757 g/mol. The van der Waals surface area contributed by atoms with Gasteiger partial charge in [-0.2, -0.15) is 0 Å². The van der Waals surface area contributed by atoms with Gasteiger partial charge in [0.2, 0.25) is 0 Å². The van der Waals surface area contributed by atoms with Crippen LogP contribution in [-0.4, -0.2) is 4.57 Å². The van der Waals surface area contributed by atoms with Crippen LogP contribution in [-0.2, 0) is 0 Å². The molecule has 12 rings (SSSR count). The second-order valence-electron chi connectivity index (χ2n) is 15.7. The van der Waals surface area contributed by atoms with E-state index in [1.54, 1.807) is 0 Å². The van der Waals surface area contributed by atoms with Crippen LogP contribution in [0.25, 0.3) is 91.8 Å². The van der Waals surface area contributed by atoms with E-state index in [2.05, 4.69) is 240 Å². The smallest absolute Gasteiger partial charge is 0.0640 e. The van der Waals surface area contributed by atoms with E-state index < -0.39 is 0 Å². The summed E-state index contributed by atoms with van der Waals surface area (Å²) in [6.45, 7) is 0. The summed E-state index contributed by atoms with van der Waals surface area (Å²) in [7, 11) is 0. The number of anilines is 3. The minimum atomic E-state index is 1.11. The van der Waals surface area contributed by atoms with E-state index in [0.29, 0.717) is 0 Å². The maximum Gasteiger partial charge on any atom is 0.0640 e. The molecule has 0 spiro atoms. The van der Waals surface area contributed by atoms with Crippen molar-refractivity contribution in [2.45, 2.75) is 0 Å². The highest BCUT2D eigenvalue weighted by atomic mass is 32.1. The van der Waals surface area contributed by atoms with Crippen molar-refractivity contribution in [1.82, 2.24) is 4.57 Å². The third kappa shape index (κ3) is 6.01. The van der Waals surface area contributed by atoms with Crippen molar-refractivity contribution >= 4 is 81.1 Å². The molecule has 0 unspecified atom stereocenters. The first-order valence-corrected chi connectivity index (χ1v) is 21.6. The molecule has 2 heterocycles. The highest BCUT2D eigenvalue weighted by Gasteiger charge is 2.20. The van der Waals surface area contributed by atoms with E-state index in [0.717, 1.165) is 17.1 Å². The molecule has 0 aliphatic heterocycles. The maximum atomic E-state index is 2.44. The molecule has 0 fully saturated rings. The Morgan fingerprint density at radius 3 is 1.57 bits per heavy atom. The molecule has 0 radical (unpaired) electrons. The van der Waals surface area contributed by atoms with E-state index in [1.165, 1.54) is 91.8 Å². The van der Waals surface area contributed by atoms with E-state index >= 15 is 0 Å². The number of fused-ring (bicyclic) bond motifs is 8. The van der Waals surface area contributed by atoms with Gasteiger partial charge in [0.05, 0.1) is 21.4 Å². The highest BCUT2D eigenvalue weighted by Crippen LogP contribution is 2.46.